The Hall–Kier alpha value is -0.850. The number of hydrogen-bond acceptors (Lipinski definition) is 0. The van der Waals surface area contributed by atoms with Gasteiger partial charge in [0.15, 0.2) is 0 Å². The van der Waals surface area contributed by atoms with E-state index in [1.54, 1.807) is 0 Å². The summed E-state index contributed by atoms with van der Waals surface area (Å²) < 4.78 is 15.5. The second-order valence-corrected chi connectivity index (χ2v) is 10.5. The van der Waals surface area contributed by atoms with Gasteiger partial charge in [-0.1, -0.05) is 64.5 Å². The highest BCUT2D eigenvalue weighted by Crippen LogP contribution is 2.48. The average molecular weight is 385 g/mol. The van der Waals surface area contributed by atoms with Crippen molar-refractivity contribution < 1.29 is 4.39 Å². The fourth-order valence-electron chi connectivity index (χ4n) is 6.73. The lowest BCUT2D eigenvalue weighted by Crippen LogP contribution is -2.30. The van der Waals surface area contributed by atoms with E-state index in [4.69, 9.17) is 0 Å². The zero-order valence-electron chi connectivity index (χ0n) is 18.3. The van der Waals surface area contributed by atoms with Gasteiger partial charge in [0, 0.05) is 0 Å². The van der Waals surface area contributed by atoms with Gasteiger partial charge < -0.3 is 0 Å². The first kappa shape index (κ1) is 20.4. The van der Waals surface area contributed by atoms with Crippen LogP contribution in [0.4, 0.5) is 4.39 Å². The molecule has 0 amide bonds. The fraction of sp³-hybridized carbons (Fsp3) is 0.778. The topological polar surface area (TPSA) is 0 Å². The van der Waals surface area contributed by atoms with E-state index in [-0.39, 0.29) is 5.82 Å². The minimum atomic E-state index is 0.189. The Morgan fingerprint density at radius 2 is 1.75 bits per heavy atom. The Labute approximate surface area is 172 Å². The quantitative estimate of drug-likeness (QED) is 0.433. The molecule has 0 radical (unpaired) electrons. The van der Waals surface area contributed by atoms with Crippen LogP contribution in [0.15, 0.2) is 12.1 Å². The van der Waals surface area contributed by atoms with Crippen LogP contribution in [0.3, 0.4) is 0 Å². The molecule has 0 aliphatic heterocycles. The van der Waals surface area contributed by atoms with Crippen LogP contribution in [0, 0.1) is 29.5 Å². The molecule has 0 saturated heterocycles. The Bertz CT molecular complexity index is 648. The van der Waals surface area contributed by atoms with Gasteiger partial charge in [-0.3, -0.25) is 0 Å². The Morgan fingerprint density at radius 3 is 2.61 bits per heavy atom. The highest BCUT2D eigenvalue weighted by atomic mass is 19.1. The number of fused-ring (bicyclic) bond motifs is 2. The molecule has 3 aliphatic carbocycles. The maximum absolute atomic E-state index is 15.5. The molecule has 5 atom stereocenters. The molecule has 3 aliphatic rings. The molecule has 28 heavy (non-hydrogen) atoms. The lowest BCUT2D eigenvalue weighted by Gasteiger charge is -2.42. The van der Waals surface area contributed by atoms with E-state index in [0.29, 0.717) is 5.92 Å². The van der Waals surface area contributed by atoms with Crippen molar-refractivity contribution in [1.82, 2.24) is 0 Å². The molecular formula is C27H41F. The molecule has 4 rings (SSSR count). The van der Waals surface area contributed by atoms with Crippen LogP contribution >= 0.6 is 0 Å². The van der Waals surface area contributed by atoms with Crippen LogP contribution in [0.1, 0.15) is 114 Å². The maximum atomic E-state index is 15.5. The number of rotatable bonds is 6. The summed E-state index contributed by atoms with van der Waals surface area (Å²) in [6, 6.07) is 4.49. The molecule has 0 aromatic heterocycles. The Kier molecular flexibility index (Phi) is 6.79. The Morgan fingerprint density at radius 1 is 0.929 bits per heavy atom. The van der Waals surface area contributed by atoms with Crippen LogP contribution in [-0.2, 0) is 12.8 Å². The van der Waals surface area contributed by atoms with Crippen molar-refractivity contribution in [2.75, 3.05) is 0 Å². The summed E-state index contributed by atoms with van der Waals surface area (Å²) in [5.74, 6) is 4.15. The first-order valence-corrected chi connectivity index (χ1v) is 12.5. The van der Waals surface area contributed by atoms with Gasteiger partial charge in [0.25, 0.3) is 0 Å². The molecule has 1 heteroatoms. The normalized spacial score (nSPS) is 32.6. The summed E-state index contributed by atoms with van der Waals surface area (Å²) >= 11 is 0. The molecule has 156 valence electrons. The highest BCUT2D eigenvalue weighted by Gasteiger charge is 2.36. The van der Waals surface area contributed by atoms with Gasteiger partial charge in [0.1, 0.15) is 5.82 Å². The fourth-order valence-corrected chi connectivity index (χ4v) is 6.73. The van der Waals surface area contributed by atoms with E-state index in [2.05, 4.69) is 26.0 Å². The summed E-state index contributed by atoms with van der Waals surface area (Å²) in [6.07, 6.45) is 18.0. The molecule has 5 unspecified atom stereocenters. The van der Waals surface area contributed by atoms with Crippen molar-refractivity contribution in [3.8, 4) is 0 Å². The van der Waals surface area contributed by atoms with Crippen molar-refractivity contribution >= 4 is 0 Å². The first-order chi connectivity index (χ1) is 13.7. The van der Waals surface area contributed by atoms with Crippen LogP contribution in [0.25, 0.3) is 0 Å². The summed E-state index contributed by atoms with van der Waals surface area (Å²) in [7, 11) is 0. The van der Waals surface area contributed by atoms with E-state index in [1.807, 2.05) is 0 Å². The summed E-state index contributed by atoms with van der Waals surface area (Å²) in [5.41, 5.74) is 3.48. The largest absolute Gasteiger partial charge is 0.206 e. The minimum absolute atomic E-state index is 0.189. The lowest BCUT2D eigenvalue weighted by molar-refractivity contribution is 0.123. The van der Waals surface area contributed by atoms with Crippen molar-refractivity contribution in [2.24, 2.45) is 23.7 Å². The van der Waals surface area contributed by atoms with Crippen molar-refractivity contribution in [2.45, 2.75) is 110 Å². The molecule has 0 N–H and O–H groups in total. The Balaban J connectivity index is 1.40. The van der Waals surface area contributed by atoms with Crippen LogP contribution in [0.5, 0.6) is 0 Å². The zero-order valence-corrected chi connectivity index (χ0v) is 18.3. The van der Waals surface area contributed by atoms with Crippen molar-refractivity contribution in [3.63, 3.8) is 0 Å². The highest BCUT2D eigenvalue weighted by molar-refractivity contribution is 5.38. The second-order valence-electron chi connectivity index (χ2n) is 10.5. The van der Waals surface area contributed by atoms with E-state index in [1.165, 1.54) is 82.6 Å². The van der Waals surface area contributed by atoms with E-state index in [0.717, 1.165) is 47.6 Å². The van der Waals surface area contributed by atoms with Gasteiger partial charge in [-0.05, 0) is 97.6 Å². The molecule has 0 heterocycles. The van der Waals surface area contributed by atoms with Crippen LogP contribution in [0.2, 0.25) is 0 Å². The second kappa shape index (κ2) is 9.31. The predicted octanol–water partition coefficient (Wildman–Crippen LogP) is 8.22. The third-order valence-electron chi connectivity index (χ3n) is 8.46. The summed E-state index contributed by atoms with van der Waals surface area (Å²) in [6.45, 7) is 4.70. The van der Waals surface area contributed by atoms with Gasteiger partial charge >= 0.3 is 0 Å². The first-order valence-electron chi connectivity index (χ1n) is 12.5. The van der Waals surface area contributed by atoms with Crippen molar-refractivity contribution in [3.05, 3.63) is 34.6 Å². The molecule has 0 bridgehead atoms. The molecule has 2 fully saturated rings. The number of hydrogen-bond donors (Lipinski definition) is 0. The van der Waals surface area contributed by atoms with Gasteiger partial charge in [-0.2, -0.15) is 0 Å². The van der Waals surface area contributed by atoms with Crippen LogP contribution in [-0.4, -0.2) is 0 Å². The van der Waals surface area contributed by atoms with E-state index in [9.17, 15) is 0 Å². The van der Waals surface area contributed by atoms with Crippen LogP contribution < -0.4 is 0 Å². The number of unbranched alkanes of at least 4 members (excludes halogenated alkanes) is 3. The molecule has 0 nitrogen and oxygen atoms in total. The average Bonchev–Trinajstić information content (AvgIpc) is 2.71. The minimum Gasteiger partial charge on any atom is -0.206 e. The SMILES string of the molecule is CCCCCCC1CCc2c(ccc(C3CCC4CC(C)CCC4C3)c2F)C1. The standard InChI is InChI=1S/C27H41F/c1-3-4-5-6-7-20-9-14-25-23(17-20)13-15-26(27(25)28)24-12-11-21-16-19(2)8-10-22(21)18-24/h13,15,19-22,24H,3-12,14,16-18H2,1-2H3. The van der Waals surface area contributed by atoms with Gasteiger partial charge in [0.05, 0.1) is 0 Å². The third-order valence-corrected chi connectivity index (χ3v) is 8.46. The molecule has 1 aromatic carbocycles. The molecular weight excluding hydrogens is 343 g/mol. The molecule has 1 aromatic rings. The van der Waals surface area contributed by atoms with Gasteiger partial charge in [0.2, 0.25) is 0 Å². The summed E-state index contributed by atoms with van der Waals surface area (Å²) in [4.78, 5) is 0. The monoisotopic (exact) mass is 384 g/mol. The third kappa shape index (κ3) is 4.49. The van der Waals surface area contributed by atoms with Gasteiger partial charge in [-0.25, -0.2) is 4.39 Å². The van der Waals surface area contributed by atoms with E-state index >= 15 is 4.39 Å². The van der Waals surface area contributed by atoms with E-state index < -0.39 is 0 Å². The lowest BCUT2D eigenvalue weighted by atomic mass is 9.64. The smallest absolute Gasteiger partial charge is 0.130 e. The molecule has 0 spiro atoms. The van der Waals surface area contributed by atoms with Crippen molar-refractivity contribution in [1.29, 1.82) is 0 Å². The number of benzene rings is 1. The maximum Gasteiger partial charge on any atom is 0.130 e. The predicted molar refractivity (Wildman–Crippen MR) is 117 cm³/mol. The van der Waals surface area contributed by atoms with Gasteiger partial charge in [-0.15, -0.1) is 0 Å². The zero-order chi connectivity index (χ0) is 19.5. The number of halogens is 1. The summed E-state index contributed by atoms with van der Waals surface area (Å²) in [5, 5.41) is 0. The molecule has 2 saturated carbocycles.